The lowest BCUT2D eigenvalue weighted by molar-refractivity contribution is 0.0964. The molecule has 6 rings (SSSR count). The number of furan rings is 1. The van der Waals surface area contributed by atoms with Crippen LogP contribution in [0.1, 0.15) is 21.6 Å². The first-order valence-corrected chi connectivity index (χ1v) is 15.3. The van der Waals surface area contributed by atoms with Gasteiger partial charge in [-0.05, 0) is 44.2 Å². The molecular weight excluding hydrogens is 569 g/mol. The number of nitrogens with zero attached hydrogens (tertiary/aromatic N) is 3. The SMILES string of the molecule is CNC(=O)c1c(-c2ccc(C)cc2)oc2cc(N(C)S(C)(=O)=O)c(-c3cc(-c4cc5c(F)cccc5[nH]4)nnc3C)cc12. The van der Waals surface area contributed by atoms with Crippen LogP contribution in [0.15, 0.2) is 71.1 Å². The second kappa shape index (κ2) is 10.4. The maximum absolute atomic E-state index is 14.4. The molecule has 1 amide bonds. The van der Waals surface area contributed by atoms with Crippen molar-refractivity contribution in [2.75, 3.05) is 24.7 Å². The van der Waals surface area contributed by atoms with Gasteiger partial charge in [-0.15, -0.1) is 5.10 Å². The van der Waals surface area contributed by atoms with Crippen LogP contribution in [0.5, 0.6) is 0 Å². The van der Waals surface area contributed by atoms with Crippen molar-refractivity contribution < 1.29 is 22.0 Å². The Bertz CT molecular complexity index is 2170. The van der Waals surface area contributed by atoms with Crippen molar-refractivity contribution in [3.63, 3.8) is 0 Å². The van der Waals surface area contributed by atoms with Crippen molar-refractivity contribution >= 4 is 43.5 Å². The van der Waals surface area contributed by atoms with Gasteiger partial charge < -0.3 is 14.7 Å². The highest BCUT2D eigenvalue weighted by molar-refractivity contribution is 7.92. The average Bonchev–Trinajstić information content (AvgIpc) is 3.58. The van der Waals surface area contributed by atoms with E-state index in [-0.39, 0.29) is 11.7 Å². The molecule has 0 atom stereocenters. The monoisotopic (exact) mass is 597 g/mol. The lowest BCUT2D eigenvalue weighted by Gasteiger charge is -2.21. The molecule has 0 fully saturated rings. The molecule has 0 bridgehead atoms. The Labute approximate surface area is 247 Å². The highest BCUT2D eigenvalue weighted by atomic mass is 32.2. The Morgan fingerprint density at radius 1 is 0.977 bits per heavy atom. The maximum Gasteiger partial charge on any atom is 0.255 e. The van der Waals surface area contributed by atoms with Gasteiger partial charge in [0.2, 0.25) is 10.0 Å². The molecule has 0 spiro atoms. The summed E-state index contributed by atoms with van der Waals surface area (Å²) in [5.41, 5.74) is 5.93. The number of anilines is 1. The van der Waals surface area contributed by atoms with Crippen molar-refractivity contribution in [2.45, 2.75) is 13.8 Å². The lowest BCUT2D eigenvalue weighted by atomic mass is 9.97. The summed E-state index contributed by atoms with van der Waals surface area (Å²) in [4.78, 5) is 16.4. The minimum Gasteiger partial charge on any atom is -0.455 e. The first-order valence-electron chi connectivity index (χ1n) is 13.4. The highest BCUT2D eigenvalue weighted by Gasteiger charge is 2.27. The topological polar surface area (TPSA) is 121 Å². The van der Waals surface area contributed by atoms with Gasteiger partial charge in [-0.25, -0.2) is 12.8 Å². The van der Waals surface area contributed by atoms with Crippen LogP contribution in [-0.2, 0) is 10.0 Å². The number of hydrogen-bond acceptors (Lipinski definition) is 6. The Morgan fingerprint density at radius 3 is 2.40 bits per heavy atom. The molecule has 43 heavy (non-hydrogen) atoms. The Kier molecular flexibility index (Phi) is 6.77. The van der Waals surface area contributed by atoms with E-state index in [0.717, 1.165) is 16.1 Å². The average molecular weight is 598 g/mol. The van der Waals surface area contributed by atoms with Crippen molar-refractivity contribution in [2.24, 2.45) is 0 Å². The van der Waals surface area contributed by atoms with Crippen molar-refractivity contribution in [1.82, 2.24) is 20.5 Å². The summed E-state index contributed by atoms with van der Waals surface area (Å²) in [5, 5.41) is 12.3. The van der Waals surface area contributed by atoms with Crippen LogP contribution in [0, 0.1) is 19.7 Å². The van der Waals surface area contributed by atoms with E-state index in [1.165, 1.54) is 13.1 Å². The number of fused-ring (bicyclic) bond motifs is 2. The minimum absolute atomic E-state index is 0.321. The number of benzene rings is 3. The normalized spacial score (nSPS) is 11.8. The fraction of sp³-hybridized carbons (Fsp3) is 0.156. The molecule has 0 aliphatic rings. The van der Waals surface area contributed by atoms with E-state index >= 15 is 0 Å². The lowest BCUT2D eigenvalue weighted by Crippen LogP contribution is -2.25. The van der Waals surface area contributed by atoms with Gasteiger partial charge in [-0.3, -0.25) is 9.10 Å². The number of halogens is 1. The summed E-state index contributed by atoms with van der Waals surface area (Å²) < 4.78 is 47.5. The van der Waals surface area contributed by atoms with E-state index in [9.17, 15) is 17.6 Å². The standard InChI is InChI=1S/C32H28FN5O4S/c1-17-9-11-19(12-10-17)31-30(32(39)34-3)23-13-21(28(16-29(23)42-31)38(4)43(5,40)41)20-14-27(37-36-18(20)2)26-15-22-24(33)7-6-8-25(22)35-26/h6-16,35H,1-5H3,(H,34,39). The third kappa shape index (κ3) is 4.91. The first kappa shape index (κ1) is 28.1. The molecule has 0 aliphatic carbocycles. The third-order valence-electron chi connectivity index (χ3n) is 7.57. The highest BCUT2D eigenvalue weighted by Crippen LogP contribution is 2.42. The summed E-state index contributed by atoms with van der Waals surface area (Å²) in [7, 11) is -0.711. The van der Waals surface area contributed by atoms with E-state index < -0.39 is 10.0 Å². The van der Waals surface area contributed by atoms with E-state index in [0.29, 0.717) is 72.7 Å². The first-order chi connectivity index (χ1) is 20.5. The Hall–Kier alpha value is -5.03. The molecular formula is C32H28FN5O4S. The van der Waals surface area contributed by atoms with Crippen LogP contribution >= 0.6 is 0 Å². The number of aromatic amines is 1. The molecule has 0 aliphatic heterocycles. The molecule has 11 heteroatoms. The largest absolute Gasteiger partial charge is 0.455 e. The number of H-pyrrole nitrogens is 1. The molecule has 3 heterocycles. The molecule has 6 aromatic rings. The Morgan fingerprint density at radius 2 is 1.72 bits per heavy atom. The van der Waals surface area contributed by atoms with Crippen molar-refractivity contribution in [3.05, 3.63) is 89.4 Å². The number of sulfonamides is 1. The van der Waals surface area contributed by atoms with Crippen LogP contribution in [0.3, 0.4) is 0 Å². The summed E-state index contributed by atoms with van der Waals surface area (Å²) >= 11 is 0. The van der Waals surface area contributed by atoms with Crippen LogP contribution in [0.4, 0.5) is 10.1 Å². The van der Waals surface area contributed by atoms with Crippen LogP contribution in [0.2, 0.25) is 0 Å². The molecule has 0 radical (unpaired) electrons. The predicted octanol–water partition coefficient (Wildman–Crippen LogP) is 6.22. The Balaban J connectivity index is 1.64. The third-order valence-corrected chi connectivity index (χ3v) is 8.76. The zero-order chi connectivity index (χ0) is 30.6. The van der Waals surface area contributed by atoms with E-state index in [2.05, 4.69) is 20.5 Å². The van der Waals surface area contributed by atoms with Crippen LogP contribution < -0.4 is 9.62 Å². The number of hydrogen-bond donors (Lipinski definition) is 2. The second-order valence-electron chi connectivity index (χ2n) is 10.5. The number of carbonyl (C=O) groups is 1. The van der Waals surface area contributed by atoms with Crippen molar-refractivity contribution in [1.29, 1.82) is 0 Å². The fourth-order valence-electron chi connectivity index (χ4n) is 5.16. The molecule has 9 nitrogen and oxygen atoms in total. The van der Waals surface area contributed by atoms with E-state index in [1.807, 2.05) is 31.2 Å². The fourth-order valence-corrected chi connectivity index (χ4v) is 5.67. The van der Waals surface area contributed by atoms with Crippen LogP contribution in [0.25, 0.3) is 55.7 Å². The predicted molar refractivity (Wildman–Crippen MR) is 166 cm³/mol. The number of rotatable bonds is 6. The van der Waals surface area contributed by atoms with Gasteiger partial charge in [-0.2, -0.15) is 5.10 Å². The van der Waals surface area contributed by atoms with Crippen LogP contribution in [-0.4, -0.2) is 49.9 Å². The number of aryl methyl sites for hydroxylation is 2. The molecule has 218 valence electrons. The number of aromatic nitrogens is 3. The molecule has 3 aromatic carbocycles. The van der Waals surface area contributed by atoms with Gasteiger partial charge in [0.05, 0.1) is 28.9 Å². The minimum atomic E-state index is -3.70. The number of nitrogens with one attached hydrogen (secondary N) is 2. The maximum atomic E-state index is 14.4. The zero-order valence-electron chi connectivity index (χ0n) is 24.1. The quantitative estimate of drug-likeness (QED) is 0.235. The second-order valence-corrected chi connectivity index (χ2v) is 12.5. The van der Waals surface area contributed by atoms with E-state index in [1.54, 1.807) is 50.4 Å². The number of amides is 1. The van der Waals surface area contributed by atoms with Gasteiger partial charge >= 0.3 is 0 Å². The van der Waals surface area contributed by atoms with Gasteiger partial charge in [0.25, 0.3) is 5.91 Å². The summed E-state index contributed by atoms with van der Waals surface area (Å²) in [5.74, 6) is -0.353. The molecule has 0 unspecified atom stereocenters. The van der Waals surface area contributed by atoms with Crippen molar-refractivity contribution in [3.8, 4) is 33.8 Å². The van der Waals surface area contributed by atoms with Gasteiger partial charge in [0, 0.05) is 53.1 Å². The summed E-state index contributed by atoms with van der Waals surface area (Å²) in [6.45, 7) is 3.73. The zero-order valence-corrected chi connectivity index (χ0v) is 24.9. The number of carbonyl (C=O) groups excluding carboxylic acids is 1. The summed E-state index contributed by atoms with van der Waals surface area (Å²) in [6.07, 6.45) is 1.11. The summed E-state index contributed by atoms with van der Waals surface area (Å²) in [6, 6.07) is 19.2. The smallest absolute Gasteiger partial charge is 0.255 e. The molecule has 0 saturated carbocycles. The van der Waals surface area contributed by atoms with Gasteiger partial charge in [0.15, 0.2) is 0 Å². The molecule has 2 N–H and O–H groups in total. The molecule has 0 saturated heterocycles. The van der Waals surface area contributed by atoms with E-state index in [4.69, 9.17) is 4.42 Å². The van der Waals surface area contributed by atoms with Gasteiger partial charge in [0.1, 0.15) is 22.9 Å². The van der Waals surface area contributed by atoms with Gasteiger partial charge in [-0.1, -0.05) is 35.9 Å². The molecule has 3 aromatic heterocycles.